The predicted molar refractivity (Wildman–Crippen MR) is 160 cm³/mol. The van der Waals surface area contributed by atoms with Gasteiger partial charge >= 0.3 is 6.18 Å². The lowest BCUT2D eigenvalue weighted by atomic mass is 9.69. The molecule has 1 N–H and O–H groups in total. The highest BCUT2D eigenvalue weighted by molar-refractivity contribution is 6.46. The number of nitrogens with zero attached hydrogens (tertiary/aromatic N) is 2. The molecule has 1 atom stereocenters. The van der Waals surface area contributed by atoms with Gasteiger partial charge in [0.1, 0.15) is 11.4 Å². The average molecular weight is 582 g/mol. The fourth-order valence-electron chi connectivity index (χ4n) is 6.38. The molecule has 1 aliphatic carbocycles. The lowest BCUT2D eigenvalue weighted by molar-refractivity contribution is -0.138. The van der Waals surface area contributed by atoms with Gasteiger partial charge in [-0.2, -0.15) is 13.2 Å². The number of nitrogens with one attached hydrogen (secondary N) is 1. The van der Waals surface area contributed by atoms with E-state index in [1.54, 1.807) is 18.2 Å². The Hall–Kier alpha value is -3.42. The number of aliphatic imine (C=N–C) groups is 1. The molecule has 0 radical (unpaired) electrons. The maximum atomic E-state index is 14.3. The smallest absolute Gasteiger partial charge is 0.352 e. The van der Waals surface area contributed by atoms with E-state index in [1.165, 1.54) is 12.1 Å². The van der Waals surface area contributed by atoms with Gasteiger partial charge in [0, 0.05) is 17.7 Å². The minimum Gasteiger partial charge on any atom is -0.352 e. The molecule has 1 fully saturated rings. The van der Waals surface area contributed by atoms with Crippen molar-refractivity contribution in [3.8, 4) is 0 Å². The van der Waals surface area contributed by atoms with Gasteiger partial charge in [-0.1, -0.05) is 65.0 Å². The maximum absolute atomic E-state index is 14.3. The average Bonchev–Trinajstić information content (AvgIpc) is 3.19. The summed E-state index contributed by atoms with van der Waals surface area (Å²) in [6.45, 7) is 14.9. The van der Waals surface area contributed by atoms with E-state index in [-0.39, 0.29) is 40.5 Å². The van der Waals surface area contributed by atoms with Gasteiger partial charge in [0.2, 0.25) is 0 Å². The van der Waals surface area contributed by atoms with Crippen molar-refractivity contribution in [2.75, 3.05) is 6.54 Å². The molecule has 0 bridgehead atoms. The van der Waals surface area contributed by atoms with Crippen LogP contribution in [0, 0.1) is 17.3 Å². The van der Waals surface area contributed by atoms with Crippen LogP contribution in [0.3, 0.4) is 0 Å². The summed E-state index contributed by atoms with van der Waals surface area (Å²) < 4.78 is 40.8. The van der Waals surface area contributed by atoms with Crippen LogP contribution in [0.2, 0.25) is 0 Å². The molecule has 2 aromatic carbocycles. The Bertz CT molecular complexity index is 1330. The van der Waals surface area contributed by atoms with Crippen LogP contribution in [0.25, 0.3) is 0 Å². The van der Waals surface area contributed by atoms with Crippen molar-refractivity contribution in [1.82, 2.24) is 10.2 Å². The van der Waals surface area contributed by atoms with Crippen LogP contribution in [0.1, 0.15) is 99.8 Å². The normalized spacial score (nSPS) is 21.9. The van der Waals surface area contributed by atoms with Gasteiger partial charge in [0.25, 0.3) is 11.8 Å². The standard InChI is InChI=1S/C34H42F3N3O2/c1-7-8-20-38-30(41)24-14-12-23(13-15-24)29(22(2)3)40-31(42)28(25-10-9-11-27(21-25)34(35,36)37)39-33(40)18-16-26(17-19-33)32(4,5)6/h7,9-15,21-22,26,29H,1,8,16-20H2,2-6H3,(H,38,41). The van der Waals surface area contributed by atoms with Crippen molar-refractivity contribution in [2.24, 2.45) is 22.2 Å². The molecule has 5 nitrogen and oxygen atoms in total. The highest BCUT2D eigenvalue weighted by Gasteiger charge is 2.53. The Kier molecular flexibility index (Phi) is 9.05. The lowest BCUT2D eigenvalue weighted by Crippen LogP contribution is -2.52. The van der Waals surface area contributed by atoms with Gasteiger partial charge in [0.15, 0.2) is 0 Å². The Balaban J connectivity index is 1.74. The van der Waals surface area contributed by atoms with Crippen molar-refractivity contribution in [3.63, 3.8) is 0 Å². The Morgan fingerprint density at radius 3 is 2.31 bits per heavy atom. The minimum atomic E-state index is -4.53. The number of carbonyl (C=O) groups is 2. The first-order chi connectivity index (χ1) is 19.7. The molecule has 2 aliphatic rings. The fourth-order valence-corrected chi connectivity index (χ4v) is 6.38. The molecule has 2 amide bonds. The SMILES string of the molecule is C=CCCNC(=O)c1ccc(C(C(C)C)N2C(=O)C(c3cccc(C(F)(F)F)c3)=NC23CCC(C(C)(C)C)CC3)cc1. The zero-order chi connectivity index (χ0) is 30.9. The molecule has 1 aliphatic heterocycles. The van der Waals surface area contributed by atoms with Crippen LogP contribution in [-0.2, 0) is 11.0 Å². The summed E-state index contributed by atoms with van der Waals surface area (Å²) in [4.78, 5) is 33.7. The summed E-state index contributed by atoms with van der Waals surface area (Å²) in [7, 11) is 0. The van der Waals surface area contributed by atoms with Gasteiger partial charge in [-0.05, 0) is 79.2 Å². The van der Waals surface area contributed by atoms with Gasteiger partial charge in [-0.15, -0.1) is 6.58 Å². The zero-order valence-electron chi connectivity index (χ0n) is 25.2. The largest absolute Gasteiger partial charge is 0.416 e. The summed E-state index contributed by atoms with van der Waals surface area (Å²) in [6, 6.07) is 11.8. The van der Waals surface area contributed by atoms with E-state index in [0.717, 1.165) is 30.5 Å². The van der Waals surface area contributed by atoms with Crippen molar-refractivity contribution in [2.45, 2.75) is 84.6 Å². The topological polar surface area (TPSA) is 61.8 Å². The number of hydrogen-bond donors (Lipinski definition) is 1. The summed E-state index contributed by atoms with van der Waals surface area (Å²) in [5, 5.41) is 2.86. The minimum absolute atomic E-state index is 0.0190. The van der Waals surface area contributed by atoms with E-state index in [9.17, 15) is 22.8 Å². The first-order valence-corrected chi connectivity index (χ1v) is 14.8. The molecule has 1 spiro atoms. The first-order valence-electron chi connectivity index (χ1n) is 14.8. The van der Waals surface area contributed by atoms with E-state index in [1.807, 2.05) is 30.9 Å². The van der Waals surface area contributed by atoms with Crippen LogP contribution in [0.5, 0.6) is 0 Å². The van der Waals surface area contributed by atoms with Gasteiger partial charge in [-0.25, -0.2) is 0 Å². The molecule has 1 heterocycles. The maximum Gasteiger partial charge on any atom is 0.416 e. The molecule has 1 saturated carbocycles. The second-order valence-electron chi connectivity index (χ2n) is 13.0. The Labute approximate surface area is 247 Å². The highest BCUT2D eigenvalue weighted by Crippen LogP contribution is 2.50. The Morgan fingerprint density at radius 1 is 1.12 bits per heavy atom. The summed E-state index contributed by atoms with van der Waals surface area (Å²) in [6.07, 6.45) is 0.877. The van der Waals surface area contributed by atoms with Gasteiger partial charge < -0.3 is 10.2 Å². The Morgan fingerprint density at radius 2 is 1.76 bits per heavy atom. The molecular weight excluding hydrogens is 539 g/mol. The number of alkyl halides is 3. The quantitative estimate of drug-likeness (QED) is 0.254. The number of benzene rings is 2. The van der Waals surface area contributed by atoms with Crippen LogP contribution >= 0.6 is 0 Å². The van der Waals surface area contributed by atoms with E-state index < -0.39 is 17.4 Å². The molecule has 2 aromatic rings. The van der Waals surface area contributed by atoms with Crippen molar-refractivity contribution in [1.29, 1.82) is 0 Å². The number of hydrogen-bond acceptors (Lipinski definition) is 3. The molecule has 42 heavy (non-hydrogen) atoms. The van der Waals surface area contributed by atoms with E-state index in [4.69, 9.17) is 4.99 Å². The third kappa shape index (κ3) is 6.47. The number of amides is 2. The van der Waals surface area contributed by atoms with Crippen LogP contribution < -0.4 is 5.32 Å². The molecule has 226 valence electrons. The summed E-state index contributed by atoms with van der Waals surface area (Å²) in [5.41, 5.74) is 0.0862. The van der Waals surface area contributed by atoms with Crippen LogP contribution in [0.15, 0.2) is 66.2 Å². The predicted octanol–water partition coefficient (Wildman–Crippen LogP) is 7.97. The molecule has 4 rings (SSSR count). The number of halogens is 3. The summed E-state index contributed by atoms with van der Waals surface area (Å²) in [5.74, 6) is -0.110. The monoisotopic (exact) mass is 581 g/mol. The number of carbonyl (C=O) groups excluding carboxylic acids is 2. The van der Waals surface area contributed by atoms with Gasteiger partial charge in [-0.3, -0.25) is 14.6 Å². The van der Waals surface area contributed by atoms with Gasteiger partial charge in [0.05, 0.1) is 11.6 Å². The summed E-state index contributed by atoms with van der Waals surface area (Å²) >= 11 is 0. The molecular formula is C34H42F3N3O2. The van der Waals surface area contributed by atoms with E-state index in [0.29, 0.717) is 37.3 Å². The number of rotatable bonds is 8. The first kappa shape index (κ1) is 31.5. The third-order valence-corrected chi connectivity index (χ3v) is 8.72. The highest BCUT2D eigenvalue weighted by atomic mass is 19.4. The lowest BCUT2D eigenvalue weighted by Gasteiger charge is -2.48. The van der Waals surface area contributed by atoms with E-state index >= 15 is 0 Å². The second kappa shape index (κ2) is 12.1. The molecule has 1 unspecified atom stereocenters. The third-order valence-electron chi connectivity index (χ3n) is 8.72. The molecule has 0 saturated heterocycles. The van der Waals surface area contributed by atoms with Crippen LogP contribution in [-0.4, -0.2) is 34.6 Å². The van der Waals surface area contributed by atoms with Crippen molar-refractivity contribution < 1.29 is 22.8 Å². The van der Waals surface area contributed by atoms with Crippen molar-refractivity contribution in [3.05, 3.63) is 83.4 Å². The van der Waals surface area contributed by atoms with Crippen molar-refractivity contribution >= 4 is 17.5 Å². The zero-order valence-corrected chi connectivity index (χ0v) is 25.2. The fraction of sp³-hybridized carbons (Fsp3) is 0.500. The van der Waals surface area contributed by atoms with Crippen LogP contribution in [0.4, 0.5) is 13.2 Å². The molecule has 8 heteroatoms. The molecule has 0 aromatic heterocycles. The second-order valence-corrected chi connectivity index (χ2v) is 13.0. The van der Waals surface area contributed by atoms with E-state index in [2.05, 4.69) is 32.7 Å².